The highest BCUT2D eigenvalue weighted by Gasteiger charge is 2.24. The van der Waals surface area contributed by atoms with Gasteiger partial charge in [0.1, 0.15) is 5.75 Å². The number of carboxylic acid groups (broad SMARTS) is 1. The SMILES string of the molecule is CC1(C)CCCCCCCC(COc2ccc(CCC(=O)O)cc2)C1. The molecular weight excluding hydrogens is 312 g/mol. The Morgan fingerprint density at radius 3 is 2.52 bits per heavy atom. The van der Waals surface area contributed by atoms with Crippen LogP contribution in [0.3, 0.4) is 0 Å². The molecule has 0 spiro atoms. The first kappa shape index (κ1) is 19.8. The first-order valence-corrected chi connectivity index (χ1v) is 9.88. The Hall–Kier alpha value is -1.51. The number of rotatable bonds is 6. The summed E-state index contributed by atoms with van der Waals surface area (Å²) in [5, 5.41) is 8.76. The zero-order valence-corrected chi connectivity index (χ0v) is 15.9. The van der Waals surface area contributed by atoms with Crippen LogP contribution in [0.5, 0.6) is 5.75 Å². The molecule has 1 aromatic rings. The quantitative estimate of drug-likeness (QED) is 0.702. The second-order valence-electron chi connectivity index (χ2n) is 8.39. The van der Waals surface area contributed by atoms with Crippen molar-refractivity contribution in [1.29, 1.82) is 0 Å². The molecule has 1 saturated carbocycles. The minimum absolute atomic E-state index is 0.178. The summed E-state index contributed by atoms with van der Waals surface area (Å²) < 4.78 is 6.07. The molecular formula is C22H34O3. The number of ether oxygens (including phenoxy) is 1. The molecule has 1 aromatic carbocycles. The van der Waals surface area contributed by atoms with Crippen molar-refractivity contribution in [3.8, 4) is 5.75 Å². The number of aryl methyl sites for hydroxylation is 1. The van der Waals surface area contributed by atoms with Gasteiger partial charge in [-0.3, -0.25) is 4.79 Å². The molecule has 1 aliphatic rings. The number of carbonyl (C=O) groups is 1. The minimum Gasteiger partial charge on any atom is -0.493 e. The molecule has 25 heavy (non-hydrogen) atoms. The van der Waals surface area contributed by atoms with E-state index in [0.717, 1.165) is 17.9 Å². The number of hydrogen-bond donors (Lipinski definition) is 1. The van der Waals surface area contributed by atoms with Crippen LogP contribution in [-0.4, -0.2) is 17.7 Å². The van der Waals surface area contributed by atoms with E-state index in [1.165, 1.54) is 51.4 Å². The number of aliphatic carboxylic acids is 1. The normalized spacial score (nSPS) is 21.4. The van der Waals surface area contributed by atoms with Crippen LogP contribution in [0.2, 0.25) is 0 Å². The van der Waals surface area contributed by atoms with Gasteiger partial charge < -0.3 is 9.84 Å². The third-order valence-corrected chi connectivity index (χ3v) is 5.34. The van der Waals surface area contributed by atoms with E-state index in [1.54, 1.807) is 0 Å². The van der Waals surface area contributed by atoms with Crippen LogP contribution >= 0.6 is 0 Å². The van der Waals surface area contributed by atoms with Gasteiger partial charge in [-0.15, -0.1) is 0 Å². The Kier molecular flexibility index (Phi) is 7.80. The van der Waals surface area contributed by atoms with Crippen molar-refractivity contribution in [3.63, 3.8) is 0 Å². The zero-order valence-electron chi connectivity index (χ0n) is 15.9. The van der Waals surface area contributed by atoms with E-state index < -0.39 is 5.97 Å². The van der Waals surface area contributed by atoms with Gasteiger partial charge in [0, 0.05) is 6.42 Å². The van der Waals surface area contributed by atoms with Gasteiger partial charge in [0.2, 0.25) is 0 Å². The Morgan fingerprint density at radius 1 is 1.12 bits per heavy atom. The van der Waals surface area contributed by atoms with Gasteiger partial charge in [0.25, 0.3) is 0 Å². The monoisotopic (exact) mass is 346 g/mol. The molecule has 0 heterocycles. The average molecular weight is 347 g/mol. The molecule has 0 aliphatic heterocycles. The predicted octanol–water partition coefficient (Wildman–Crippen LogP) is 5.86. The maximum Gasteiger partial charge on any atom is 0.303 e. The second kappa shape index (κ2) is 9.84. The van der Waals surface area contributed by atoms with E-state index in [4.69, 9.17) is 9.84 Å². The molecule has 140 valence electrons. The molecule has 1 aliphatic carbocycles. The number of benzene rings is 1. The van der Waals surface area contributed by atoms with E-state index in [-0.39, 0.29) is 6.42 Å². The van der Waals surface area contributed by atoms with E-state index in [0.29, 0.717) is 17.8 Å². The highest BCUT2D eigenvalue weighted by Crippen LogP contribution is 2.35. The van der Waals surface area contributed by atoms with Gasteiger partial charge in [-0.2, -0.15) is 0 Å². The maximum atomic E-state index is 10.6. The highest BCUT2D eigenvalue weighted by atomic mass is 16.5. The largest absolute Gasteiger partial charge is 0.493 e. The molecule has 0 saturated heterocycles. The van der Waals surface area contributed by atoms with Crippen molar-refractivity contribution in [2.75, 3.05) is 6.61 Å². The van der Waals surface area contributed by atoms with Gasteiger partial charge in [-0.1, -0.05) is 58.1 Å². The Balaban J connectivity index is 1.85. The van der Waals surface area contributed by atoms with Gasteiger partial charge >= 0.3 is 5.97 Å². The summed E-state index contributed by atoms with van der Waals surface area (Å²) in [4.78, 5) is 10.6. The second-order valence-corrected chi connectivity index (χ2v) is 8.39. The van der Waals surface area contributed by atoms with Crippen molar-refractivity contribution in [2.24, 2.45) is 11.3 Å². The fourth-order valence-corrected chi connectivity index (χ4v) is 3.91. The fourth-order valence-electron chi connectivity index (χ4n) is 3.91. The van der Waals surface area contributed by atoms with Crippen molar-refractivity contribution in [2.45, 2.75) is 78.1 Å². The fraction of sp³-hybridized carbons (Fsp3) is 0.682. The molecule has 0 radical (unpaired) electrons. The third-order valence-electron chi connectivity index (χ3n) is 5.34. The van der Waals surface area contributed by atoms with E-state index in [9.17, 15) is 4.79 Å². The van der Waals surface area contributed by atoms with Crippen LogP contribution in [0, 0.1) is 11.3 Å². The van der Waals surface area contributed by atoms with Crippen molar-refractivity contribution in [1.82, 2.24) is 0 Å². The molecule has 3 heteroatoms. The summed E-state index contributed by atoms with van der Waals surface area (Å²) in [6.45, 7) is 5.59. The Bertz CT molecular complexity index is 519. The van der Waals surface area contributed by atoms with Gasteiger partial charge in [-0.05, 0) is 54.7 Å². The summed E-state index contributed by atoms with van der Waals surface area (Å²) in [5.74, 6) is 0.771. The summed E-state index contributed by atoms with van der Waals surface area (Å²) in [6.07, 6.45) is 11.4. The standard InChI is InChI=1S/C22H34O3/c1-22(2)15-7-5-3-4-6-8-19(16-22)17-25-20-12-9-18(10-13-20)11-14-21(23)24/h9-10,12-13,19H,3-8,11,14-17H2,1-2H3,(H,23,24). The lowest BCUT2D eigenvalue weighted by Crippen LogP contribution is -2.22. The Labute approximate surface area is 152 Å². The zero-order chi connectivity index (χ0) is 18.1. The van der Waals surface area contributed by atoms with Gasteiger partial charge in [0.05, 0.1) is 6.61 Å². The number of carboxylic acids is 1. The maximum absolute atomic E-state index is 10.6. The van der Waals surface area contributed by atoms with Crippen LogP contribution in [0.15, 0.2) is 24.3 Å². The van der Waals surface area contributed by atoms with Gasteiger partial charge in [0.15, 0.2) is 0 Å². The molecule has 0 aromatic heterocycles. The lowest BCUT2D eigenvalue weighted by atomic mass is 9.76. The summed E-state index contributed by atoms with van der Waals surface area (Å²) in [6, 6.07) is 7.91. The minimum atomic E-state index is -0.751. The van der Waals surface area contributed by atoms with Crippen molar-refractivity contribution < 1.29 is 14.6 Å². The summed E-state index contributed by atoms with van der Waals surface area (Å²) in [7, 11) is 0. The van der Waals surface area contributed by atoms with Crippen LogP contribution in [-0.2, 0) is 11.2 Å². The molecule has 0 bridgehead atoms. The molecule has 1 unspecified atom stereocenters. The molecule has 3 nitrogen and oxygen atoms in total. The molecule has 2 rings (SSSR count). The third kappa shape index (κ3) is 7.94. The van der Waals surface area contributed by atoms with Crippen molar-refractivity contribution in [3.05, 3.63) is 29.8 Å². The first-order chi connectivity index (χ1) is 11.9. The molecule has 1 N–H and O–H groups in total. The van der Waals surface area contributed by atoms with Crippen LogP contribution in [0.4, 0.5) is 0 Å². The summed E-state index contributed by atoms with van der Waals surface area (Å²) in [5.41, 5.74) is 1.46. The van der Waals surface area contributed by atoms with Crippen LogP contribution in [0.1, 0.15) is 77.2 Å². The van der Waals surface area contributed by atoms with E-state index in [1.807, 2.05) is 24.3 Å². The average Bonchev–Trinajstić information content (AvgIpc) is 2.57. The van der Waals surface area contributed by atoms with Gasteiger partial charge in [-0.25, -0.2) is 0 Å². The molecule has 1 fully saturated rings. The summed E-state index contributed by atoms with van der Waals surface area (Å²) >= 11 is 0. The van der Waals surface area contributed by atoms with E-state index >= 15 is 0 Å². The lowest BCUT2D eigenvalue weighted by molar-refractivity contribution is -0.136. The smallest absolute Gasteiger partial charge is 0.303 e. The first-order valence-electron chi connectivity index (χ1n) is 9.88. The Morgan fingerprint density at radius 2 is 1.80 bits per heavy atom. The van der Waals surface area contributed by atoms with Crippen LogP contribution in [0.25, 0.3) is 0 Å². The topological polar surface area (TPSA) is 46.5 Å². The predicted molar refractivity (Wildman–Crippen MR) is 102 cm³/mol. The van der Waals surface area contributed by atoms with Crippen molar-refractivity contribution >= 4 is 5.97 Å². The van der Waals surface area contributed by atoms with E-state index in [2.05, 4.69) is 13.8 Å². The number of hydrogen-bond acceptors (Lipinski definition) is 2. The molecule has 0 amide bonds. The lowest BCUT2D eigenvalue weighted by Gasteiger charge is -2.31. The van der Waals surface area contributed by atoms with Crippen LogP contribution < -0.4 is 4.74 Å². The molecule has 1 atom stereocenters. The highest BCUT2D eigenvalue weighted by molar-refractivity contribution is 5.67.